The molecule has 3 aliphatic rings. The SMILES string of the molecule is CCOc1cc2c(nc1COCC1CC1)N1[C@H](C2)CN(C(=O)OC(C)(C)C)C[C@H]1C. The van der Waals surface area contributed by atoms with Crippen LogP contribution in [0.15, 0.2) is 6.07 Å². The van der Waals surface area contributed by atoms with Gasteiger partial charge in [0.25, 0.3) is 0 Å². The third-order valence-corrected chi connectivity index (χ3v) is 5.84. The van der Waals surface area contributed by atoms with Crippen molar-refractivity contribution in [2.45, 2.75) is 78.2 Å². The Bertz CT molecular complexity index is 787. The van der Waals surface area contributed by atoms with Gasteiger partial charge in [-0.15, -0.1) is 0 Å². The van der Waals surface area contributed by atoms with Gasteiger partial charge in [0.2, 0.25) is 0 Å². The Balaban J connectivity index is 1.51. The highest BCUT2D eigenvalue weighted by Crippen LogP contribution is 2.39. The quantitative estimate of drug-likeness (QED) is 0.702. The molecule has 0 bridgehead atoms. The molecule has 4 rings (SSSR count). The molecule has 1 aromatic rings. The molecule has 0 aromatic carbocycles. The number of carbonyl (C=O) groups is 1. The average molecular weight is 418 g/mol. The molecule has 0 unspecified atom stereocenters. The van der Waals surface area contributed by atoms with Crippen LogP contribution in [0, 0.1) is 5.92 Å². The lowest BCUT2D eigenvalue weighted by Gasteiger charge is -2.43. The molecule has 1 amide bonds. The van der Waals surface area contributed by atoms with Crippen molar-refractivity contribution in [3.8, 4) is 5.75 Å². The number of fused-ring (bicyclic) bond motifs is 3. The average Bonchev–Trinajstić information content (AvgIpc) is 3.40. The van der Waals surface area contributed by atoms with Crippen LogP contribution >= 0.6 is 0 Å². The molecule has 2 atom stereocenters. The van der Waals surface area contributed by atoms with Gasteiger partial charge in [-0.3, -0.25) is 0 Å². The molecule has 0 radical (unpaired) electrons. The molecule has 3 heterocycles. The van der Waals surface area contributed by atoms with Crippen LogP contribution in [0.1, 0.15) is 58.7 Å². The van der Waals surface area contributed by atoms with Crippen molar-refractivity contribution in [3.63, 3.8) is 0 Å². The van der Waals surface area contributed by atoms with E-state index in [1.54, 1.807) is 0 Å². The van der Waals surface area contributed by atoms with Crippen LogP contribution in [0.25, 0.3) is 0 Å². The van der Waals surface area contributed by atoms with Crippen LogP contribution in [-0.4, -0.2) is 60.0 Å². The number of nitrogens with zero attached hydrogens (tertiary/aromatic N) is 3. The second-order valence-corrected chi connectivity index (χ2v) is 9.81. The van der Waals surface area contributed by atoms with Gasteiger partial charge >= 0.3 is 6.09 Å². The first kappa shape index (κ1) is 21.2. The number of carbonyl (C=O) groups excluding carboxylic acids is 1. The van der Waals surface area contributed by atoms with E-state index in [0.29, 0.717) is 26.3 Å². The Hall–Kier alpha value is -2.02. The third kappa shape index (κ3) is 4.66. The van der Waals surface area contributed by atoms with Gasteiger partial charge in [0, 0.05) is 31.3 Å². The molecule has 1 saturated heterocycles. The van der Waals surface area contributed by atoms with Crippen LogP contribution in [0.3, 0.4) is 0 Å². The second-order valence-electron chi connectivity index (χ2n) is 9.81. The lowest BCUT2D eigenvalue weighted by atomic mass is 10.1. The molecular formula is C23H35N3O4. The van der Waals surface area contributed by atoms with Crippen molar-refractivity contribution < 1.29 is 19.0 Å². The number of hydrogen-bond acceptors (Lipinski definition) is 6. The minimum atomic E-state index is -0.487. The van der Waals surface area contributed by atoms with Gasteiger partial charge in [-0.25, -0.2) is 9.78 Å². The summed E-state index contributed by atoms with van der Waals surface area (Å²) < 4.78 is 17.4. The maximum absolute atomic E-state index is 12.6. The van der Waals surface area contributed by atoms with Crippen molar-refractivity contribution in [3.05, 3.63) is 17.3 Å². The summed E-state index contributed by atoms with van der Waals surface area (Å²) in [6.07, 6.45) is 3.17. The fourth-order valence-corrected chi connectivity index (χ4v) is 4.38. The van der Waals surface area contributed by atoms with Crippen molar-refractivity contribution in [1.82, 2.24) is 9.88 Å². The first-order valence-corrected chi connectivity index (χ1v) is 11.2. The molecule has 30 heavy (non-hydrogen) atoms. The summed E-state index contributed by atoms with van der Waals surface area (Å²) in [5.41, 5.74) is 1.57. The zero-order chi connectivity index (χ0) is 21.5. The smallest absolute Gasteiger partial charge is 0.410 e. The number of hydrogen-bond donors (Lipinski definition) is 0. The molecule has 166 valence electrons. The van der Waals surface area contributed by atoms with E-state index in [9.17, 15) is 4.79 Å². The number of anilines is 1. The van der Waals surface area contributed by atoms with Crippen LogP contribution in [0.2, 0.25) is 0 Å². The second kappa shape index (κ2) is 8.25. The van der Waals surface area contributed by atoms with E-state index in [4.69, 9.17) is 19.2 Å². The van der Waals surface area contributed by atoms with Crippen LogP contribution in [-0.2, 0) is 22.5 Å². The van der Waals surface area contributed by atoms with Gasteiger partial charge in [0.15, 0.2) is 0 Å². The number of pyridine rings is 1. The van der Waals surface area contributed by atoms with E-state index in [2.05, 4.69) is 17.9 Å². The number of amides is 1. The maximum atomic E-state index is 12.6. The summed E-state index contributed by atoms with van der Waals surface area (Å²) in [5, 5.41) is 0. The summed E-state index contributed by atoms with van der Waals surface area (Å²) in [6.45, 7) is 13.0. The minimum Gasteiger partial charge on any atom is -0.492 e. The van der Waals surface area contributed by atoms with Crippen LogP contribution in [0.4, 0.5) is 10.6 Å². The normalized spacial score (nSPS) is 23.2. The molecule has 7 nitrogen and oxygen atoms in total. The predicted octanol–water partition coefficient (Wildman–Crippen LogP) is 3.78. The summed E-state index contributed by atoms with van der Waals surface area (Å²) in [7, 11) is 0. The Labute approximate surface area is 179 Å². The Kier molecular flexibility index (Phi) is 5.84. The van der Waals surface area contributed by atoms with Gasteiger partial charge in [0.05, 0.1) is 19.3 Å². The minimum absolute atomic E-state index is 0.170. The third-order valence-electron chi connectivity index (χ3n) is 5.84. The fraction of sp³-hybridized carbons (Fsp3) is 0.739. The highest BCUT2D eigenvalue weighted by atomic mass is 16.6. The number of piperazine rings is 1. The highest BCUT2D eigenvalue weighted by molar-refractivity contribution is 5.70. The molecule has 7 heteroatoms. The summed E-state index contributed by atoms with van der Waals surface area (Å²) in [5.74, 6) is 2.56. The molecule has 0 N–H and O–H groups in total. The summed E-state index contributed by atoms with van der Waals surface area (Å²) in [6, 6.07) is 2.51. The largest absolute Gasteiger partial charge is 0.492 e. The molecule has 1 saturated carbocycles. The van der Waals surface area contributed by atoms with Crippen molar-refractivity contribution >= 4 is 11.9 Å². The zero-order valence-electron chi connectivity index (χ0n) is 18.9. The van der Waals surface area contributed by atoms with Gasteiger partial charge in [-0.1, -0.05) is 0 Å². The van der Waals surface area contributed by atoms with E-state index in [1.165, 1.54) is 18.4 Å². The van der Waals surface area contributed by atoms with Crippen molar-refractivity contribution in [2.24, 2.45) is 5.92 Å². The topological polar surface area (TPSA) is 64.1 Å². The van der Waals surface area contributed by atoms with E-state index in [1.807, 2.05) is 32.6 Å². The van der Waals surface area contributed by atoms with Crippen LogP contribution in [0.5, 0.6) is 5.75 Å². The number of ether oxygens (including phenoxy) is 3. The van der Waals surface area contributed by atoms with E-state index < -0.39 is 5.60 Å². The first-order chi connectivity index (χ1) is 14.2. The fourth-order valence-electron chi connectivity index (χ4n) is 4.38. The number of aromatic nitrogens is 1. The summed E-state index contributed by atoms with van der Waals surface area (Å²) in [4.78, 5) is 21.8. The standard InChI is InChI=1S/C23H35N3O4/c1-6-29-20-10-17-9-18-12-25(22(27)30-23(3,4)5)11-15(2)26(18)21(17)24-19(20)14-28-13-16-7-8-16/h10,15-16,18H,6-9,11-14H2,1-5H3/t15-,18-/m1/s1. The summed E-state index contributed by atoms with van der Waals surface area (Å²) >= 11 is 0. The molecule has 2 fully saturated rings. The molecule has 1 aromatic heterocycles. The van der Waals surface area contributed by atoms with E-state index >= 15 is 0 Å². The van der Waals surface area contributed by atoms with E-state index in [0.717, 1.165) is 36.2 Å². The Morgan fingerprint density at radius 2 is 2.03 bits per heavy atom. The Morgan fingerprint density at radius 3 is 2.70 bits per heavy atom. The highest BCUT2D eigenvalue weighted by Gasteiger charge is 2.42. The monoisotopic (exact) mass is 417 g/mol. The van der Waals surface area contributed by atoms with Gasteiger partial charge in [0.1, 0.15) is 22.9 Å². The first-order valence-electron chi connectivity index (χ1n) is 11.2. The van der Waals surface area contributed by atoms with Gasteiger partial charge in [-0.2, -0.15) is 0 Å². The van der Waals surface area contributed by atoms with Gasteiger partial charge in [-0.05, 0) is 65.9 Å². The Morgan fingerprint density at radius 1 is 1.27 bits per heavy atom. The maximum Gasteiger partial charge on any atom is 0.410 e. The number of rotatable bonds is 6. The lowest BCUT2D eigenvalue weighted by molar-refractivity contribution is 0.0191. The molecular weight excluding hydrogens is 382 g/mol. The van der Waals surface area contributed by atoms with E-state index in [-0.39, 0.29) is 18.2 Å². The molecule has 1 aliphatic carbocycles. The van der Waals surface area contributed by atoms with Crippen molar-refractivity contribution in [1.29, 1.82) is 0 Å². The van der Waals surface area contributed by atoms with Gasteiger partial charge < -0.3 is 24.0 Å². The van der Waals surface area contributed by atoms with Crippen LogP contribution < -0.4 is 9.64 Å². The van der Waals surface area contributed by atoms with Crippen molar-refractivity contribution in [2.75, 3.05) is 31.2 Å². The zero-order valence-corrected chi connectivity index (χ0v) is 18.9. The lowest BCUT2D eigenvalue weighted by Crippen LogP contribution is -2.58. The molecule has 0 spiro atoms. The predicted molar refractivity (Wildman–Crippen MR) is 115 cm³/mol. The molecule has 2 aliphatic heterocycles.